The highest BCUT2D eigenvalue weighted by Gasteiger charge is 2.21. The molecule has 0 atom stereocenters. The fourth-order valence-corrected chi connectivity index (χ4v) is 2.81. The van der Waals surface area contributed by atoms with Crippen LogP contribution in [-0.2, 0) is 9.63 Å². The molecule has 9 heteroatoms. The zero-order valence-electron chi connectivity index (χ0n) is 17.1. The number of aromatic nitrogens is 2. The molecule has 3 aromatic rings. The van der Waals surface area contributed by atoms with E-state index >= 15 is 4.39 Å². The van der Waals surface area contributed by atoms with Gasteiger partial charge in [-0.25, -0.2) is 0 Å². The van der Waals surface area contributed by atoms with E-state index in [0.717, 1.165) is 6.33 Å². The maximum absolute atomic E-state index is 15.1. The molecule has 0 saturated heterocycles. The van der Waals surface area contributed by atoms with Crippen molar-refractivity contribution in [3.05, 3.63) is 70.8 Å². The minimum absolute atomic E-state index is 0.0566. The number of para-hydroxylation sites is 1. The van der Waals surface area contributed by atoms with Crippen LogP contribution in [0.25, 0.3) is 0 Å². The molecule has 3 rings (SSSR count). The third kappa shape index (κ3) is 4.97. The molecular formula is C22H19ClFN3O4. The van der Waals surface area contributed by atoms with Crippen molar-refractivity contribution in [3.8, 4) is 23.3 Å². The summed E-state index contributed by atoms with van der Waals surface area (Å²) in [5.41, 5.74) is 1.02. The number of ether oxygens (including phenoxy) is 2. The lowest BCUT2D eigenvalue weighted by Gasteiger charge is -2.13. The SMILES string of the molecule is CCC(=O)/C(=N/OC)c1ccccc1Oc1ncnc(Oc2cccc(Cl)c2C)c1F. The second kappa shape index (κ2) is 9.99. The van der Waals surface area contributed by atoms with Crippen LogP contribution in [0.15, 0.2) is 53.9 Å². The number of Topliss-reactive ketones (excluding diaryl/α,β-unsaturated/α-hetero) is 1. The van der Waals surface area contributed by atoms with Crippen molar-refractivity contribution in [1.82, 2.24) is 9.97 Å². The zero-order chi connectivity index (χ0) is 22.4. The van der Waals surface area contributed by atoms with Gasteiger partial charge in [0.15, 0.2) is 11.5 Å². The number of hydrogen-bond donors (Lipinski definition) is 0. The lowest BCUT2D eigenvalue weighted by Crippen LogP contribution is -2.16. The molecule has 0 radical (unpaired) electrons. The highest BCUT2D eigenvalue weighted by atomic mass is 35.5. The van der Waals surface area contributed by atoms with Gasteiger partial charge in [-0.1, -0.05) is 41.9 Å². The van der Waals surface area contributed by atoms with Crippen LogP contribution in [0, 0.1) is 12.7 Å². The van der Waals surface area contributed by atoms with E-state index in [2.05, 4.69) is 15.1 Å². The molecule has 0 amide bonds. The van der Waals surface area contributed by atoms with E-state index in [9.17, 15) is 4.79 Å². The topological polar surface area (TPSA) is 82.9 Å². The molecule has 0 fully saturated rings. The first-order valence-electron chi connectivity index (χ1n) is 9.31. The molecule has 0 aliphatic carbocycles. The van der Waals surface area contributed by atoms with Crippen molar-refractivity contribution in [3.63, 3.8) is 0 Å². The molecule has 1 aromatic heterocycles. The number of oxime groups is 1. The van der Waals surface area contributed by atoms with Crippen molar-refractivity contribution in [2.24, 2.45) is 5.16 Å². The van der Waals surface area contributed by atoms with Gasteiger partial charge in [-0.05, 0) is 31.2 Å². The van der Waals surface area contributed by atoms with E-state index in [1.165, 1.54) is 7.11 Å². The van der Waals surface area contributed by atoms with E-state index < -0.39 is 5.82 Å². The molecule has 31 heavy (non-hydrogen) atoms. The molecular weight excluding hydrogens is 425 g/mol. The summed E-state index contributed by atoms with van der Waals surface area (Å²) in [5.74, 6) is -1.37. The predicted octanol–water partition coefficient (Wildman–Crippen LogP) is 5.49. The number of hydrogen-bond acceptors (Lipinski definition) is 7. The van der Waals surface area contributed by atoms with Crippen LogP contribution in [0.3, 0.4) is 0 Å². The predicted molar refractivity (Wildman–Crippen MR) is 114 cm³/mol. The minimum atomic E-state index is -0.913. The smallest absolute Gasteiger partial charge is 0.263 e. The maximum Gasteiger partial charge on any atom is 0.263 e. The van der Waals surface area contributed by atoms with Crippen molar-refractivity contribution < 1.29 is 23.5 Å². The summed E-state index contributed by atoms with van der Waals surface area (Å²) in [6, 6.07) is 11.6. The summed E-state index contributed by atoms with van der Waals surface area (Å²) in [6.45, 7) is 3.44. The Hall–Kier alpha value is -3.52. The first-order valence-corrected chi connectivity index (χ1v) is 9.69. The summed E-state index contributed by atoms with van der Waals surface area (Å²) >= 11 is 6.09. The van der Waals surface area contributed by atoms with E-state index in [1.807, 2.05) is 0 Å². The van der Waals surface area contributed by atoms with E-state index in [-0.39, 0.29) is 35.4 Å². The molecule has 1 heterocycles. The van der Waals surface area contributed by atoms with Crippen LogP contribution in [0.5, 0.6) is 23.3 Å². The maximum atomic E-state index is 15.1. The van der Waals surface area contributed by atoms with Gasteiger partial charge < -0.3 is 14.3 Å². The quantitative estimate of drug-likeness (QED) is 0.338. The second-order valence-corrected chi connectivity index (χ2v) is 6.67. The summed E-state index contributed by atoms with van der Waals surface area (Å²) in [7, 11) is 1.33. The number of rotatable bonds is 8. The molecule has 0 bridgehead atoms. The van der Waals surface area contributed by atoms with Crippen LogP contribution >= 0.6 is 11.6 Å². The average molecular weight is 444 g/mol. The first kappa shape index (κ1) is 22.2. The highest BCUT2D eigenvalue weighted by Crippen LogP contribution is 2.33. The molecule has 7 nitrogen and oxygen atoms in total. The molecule has 2 aromatic carbocycles. The molecule has 0 unspecified atom stereocenters. The Labute approximate surface area is 183 Å². The van der Waals surface area contributed by atoms with Crippen LogP contribution < -0.4 is 9.47 Å². The highest BCUT2D eigenvalue weighted by molar-refractivity contribution is 6.46. The third-order valence-electron chi connectivity index (χ3n) is 4.27. The van der Waals surface area contributed by atoms with Gasteiger partial charge in [0.1, 0.15) is 24.9 Å². The van der Waals surface area contributed by atoms with Gasteiger partial charge in [0, 0.05) is 17.0 Å². The molecule has 0 saturated carbocycles. The average Bonchev–Trinajstić information content (AvgIpc) is 2.78. The largest absolute Gasteiger partial charge is 0.436 e. The monoisotopic (exact) mass is 443 g/mol. The normalized spacial score (nSPS) is 11.2. The second-order valence-electron chi connectivity index (χ2n) is 6.26. The molecule has 0 spiro atoms. The molecule has 0 N–H and O–H groups in total. The van der Waals surface area contributed by atoms with Crippen LogP contribution in [-0.4, -0.2) is 28.6 Å². The number of ketones is 1. The Morgan fingerprint density at radius 2 is 1.71 bits per heavy atom. The standard InChI is InChI=1S/C22H19ClFN3O4/c1-4-16(28)20(27-29-3)14-8-5-6-10-18(14)31-22-19(24)21(25-12-26-22)30-17-11-7-9-15(23)13(17)2/h5-12H,4H2,1-3H3/b27-20+. The number of carbonyl (C=O) groups is 1. The Morgan fingerprint density at radius 1 is 1.06 bits per heavy atom. The van der Waals surface area contributed by atoms with Gasteiger partial charge in [0.2, 0.25) is 5.82 Å². The number of halogens is 2. The number of benzene rings is 2. The fraction of sp³-hybridized carbons (Fsp3) is 0.182. The van der Waals surface area contributed by atoms with Crippen molar-refractivity contribution in [2.75, 3.05) is 7.11 Å². The van der Waals surface area contributed by atoms with E-state index in [1.54, 1.807) is 56.3 Å². The Balaban J connectivity index is 1.96. The Morgan fingerprint density at radius 3 is 2.39 bits per heavy atom. The summed E-state index contributed by atoms with van der Waals surface area (Å²) in [4.78, 5) is 24.8. The van der Waals surface area contributed by atoms with E-state index in [4.69, 9.17) is 25.9 Å². The first-order chi connectivity index (χ1) is 15.0. The molecule has 160 valence electrons. The summed E-state index contributed by atoms with van der Waals surface area (Å²) < 4.78 is 26.3. The van der Waals surface area contributed by atoms with Crippen molar-refractivity contribution in [1.29, 1.82) is 0 Å². The molecule has 0 aliphatic rings. The van der Waals surface area contributed by atoms with E-state index in [0.29, 0.717) is 21.9 Å². The number of nitrogens with zero attached hydrogens (tertiary/aromatic N) is 3. The zero-order valence-corrected chi connectivity index (χ0v) is 17.8. The minimum Gasteiger partial charge on any atom is -0.436 e. The third-order valence-corrected chi connectivity index (χ3v) is 4.68. The van der Waals surface area contributed by atoms with Gasteiger partial charge in [-0.15, -0.1) is 0 Å². The number of carbonyl (C=O) groups excluding carboxylic acids is 1. The van der Waals surface area contributed by atoms with Gasteiger partial charge >= 0.3 is 0 Å². The van der Waals surface area contributed by atoms with Crippen molar-refractivity contribution >= 4 is 23.1 Å². The lowest BCUT2D eigenvalue weighted by molar-refractivity contribution is -0.112. The van der Waals surface area contributed by atoms with Gasteiger partial charge in [-0.2, -0.15) is 14.4 Å². The van der Waals surface area contributed by atoms with Crippen LogP contribution in [0.4, 0.5) is 4.39 Å². The Bertz CT molecular complexity index is 1140. The summed E-state index contributed by atoms with van der Waals surface area (Å²) in [6.07, 6.45) is 1.31. The lowest BCUT2D eigenvalue weighted by atomic mass is 10.0. The van der Waals surface area contributed by atoms with Crippen molar-refractivity contribution in [2.45, 2.75) is 20.3 Å². The van der Waals surface area contributed by atoms with Gasteiger partial charge in [0.05, 0.1) is 5.56 Å². The van der Waals surface area contributed by atoms with Gasteiger partial charge in [0.25, 0.3) is 11.8 Å². The van der Waals surface area contributed by atoms with Gasteiger partial charge in [-0.3, -0.25) is 4.79 Å². The summed E-state index contributed by atoms with van der Waals surface area (Å²) in [5, 5.41) is 4.28. The fourth-order valence-electron chi connectivity index (χ4n) is 2.65. The van der Waals surface area contributed by atoms with Crippen LogP contribution in [0.2, 0.25) is 5.02 Å². The Kier molecular flexibility index (Phi) is 7.15. The molecule has 0 aliphatic heterocycles. The van der Waals surface area contributed by atoms with Crippen LogP contribution in [0.1, 0.15) is 24.5 Å².